The van der Waals surface area contributed by atoms with Crippen molar-refractivity contribution in [2.75, 3.05) is 13.6 Å². The van der Waals surface area contributed by atoms with E-state index in [1.807, 2.05) is 0 Å². The topological polar surface area (TPSA) is 3.24 Å². The zero-order valence-electron chi connectivity index (χ0n) is 5.27. The summed E-state index contributed by atoms with van der Waals surface area (Å²) in [6, 6.07) is 0. The van der Waals surface area contributed by atoms with Crippen LogP contribution >= 0.6 is 0 Å². The Kier molecular flexibility index (Phi) is 1.69. The van der Waals surface area contributed by atoms with Gasteiger partial charge in [0, 0.05) is 25.4 Å². The minimum absolute atomic E-state index is 0.262. The maximum Gasteiger partial charge on any atom is 0.261 e. The van der Waals surface area contributed by atoms with Crippen LogP contribution in [0.4, 0.5) is 8.78 Å². The summed E-state index contributed by atoms with van der Waals surface area (Å²) in [6.45, 7) is 0.736. The van der Waals surface area contributed by atoms with E-state index >= 15 is 0 Å². The molecule has 0 aromatic carbocycles. The lowest BCUT2D eigenvalue weighted by atomic mass is 10.2. The fourth-order valence-electron chi connectivity index (χ4n) is 0.883. The van der Waals surface area contributed by atoms with Crippen LogP contribution in [0.15, 0.2) is 11.8 Å². The summed E-state index contributed by atoms with van der Waals surface area (Å²) in [7, 11) is 1.80. The lowest BCUT2D eigenvalue weighted by molar-refractivity contribution is 0.187. The third-order valence-corrected chi connectivity index (χ3v) is 1.42. The van der Waals surface area contributed by atoms with Crippen LogP contribution < -0.4 is 0 Å². The highest BCUT2D eigenvalue weighted by Crippen LogP contribution is 2.18. The Morgan fingerprint density at radius 1 is 1.67 bits per heavy atom. The Morgan fingerprint density at radius 3 is 2.56 bits per heavy atom. The van der Waals surface area contributed by atoms with Gasteiger partial charge in [-0.25, -0.2) is 8.78 Å². The van der Waals surface area contributed by atoms with Crippen LogP contribution in [0.1, 0.15) is 6.42 Å². The molecule has 3 heteroatoms. The first-order chi connectivity index (χ1) is 4.20. The van der Waals surface area contributed by atoms with Gasteiger partial charge in [0.15, 0.2) is 0 Å². The molecule has 0 bridgehead atoms. The summed E-state index contributed by atoms with van der Waals surface area (Å²) in [5.74, 6) is 0. The molecule has 0 fully saturated rings. The second kappa shape index (κ2) is 2.33. The smallest absolute Gasteiger partial charge is 0.261 e. The van der Waals surface area contributed by atoms with E-state index in [2.05, 4.69) is 0 Å². The molecule has 0 radical (unpaired) electrons. The summed E-state index contributed by atoms with van der Waals surface area (Å²) >= 11 is 0. The lowest BCUT2D eigenvalue weighted by Crippen LogP contribution is -2.04. The van der Waals surface area contributed by atoms with Crippen LogP contribution in [-0.4, -0.2) is 24.9 Å². The van der Waals surface area contributed by atoms with Crippen LogP contribution in [0.5, 0.6) is 0 Å². The molecule has 0 atom stereocenters. The van der Waals surface area contributed by atoms with Crippen molar-refractivity contribution in [3.8, 4) is 0 Å². The first-order valence-electron chi connectivity index (χ1n) is 2.89. The number of halogens is 2. The molecule has 0 aromatic rings. The van der Waals surface area contributed by atoms with Gasteiger partial charge in [-0.2, -0.15) is 0 Å². The van der Waals surface area contributed by atoms with Crippen LogP contribution in [0.2, 0.25) is 0 Å². The van der Waals surface area contributed by atoms with Crippen molar-refractivity contribution in [2.45, 2.75) is 12.8 Å². The van der Waals surface area contributed by atoms with Gasteiger partial charge in [-0.3, -0.25) is 0 Å². The normalized spacial score (nSPS) is 19.1. The van der Waals surface area contributed by atoms with Gasteiger partial charge in [-0.05, 0) is 6.42 Å². The van der Waals surface area contributed by atoms with Crippen molar-refractivity contribution < 1.29 is 8.78 Å². The largest absolute Gasteiger partial charge is 0.380 e. The maximum absolute atomic E-state index is 11.8. The van der Waals surface area contributed by atoms with E-state index in [4.69, 9.17) is 0 Å². The van der Waals surface area contributed by atoms with E-state index in [9.17, 15) is 8.78 Å². The van der Waals surface area contributed by atoms with Gasteiger partial charge in [0.25, 0.3) is 6.43 Å². The quantitative estimate of drug-likeness (QED) is 0.523. The third kappa shape index (κ3) is 1.40. The molecule has 1 heterocycles. The fraction of sp³-hybridized carbons (Fsp3) is 0.667. The van der Waals surface area contributed by atoms with Gasteiger partial charge in [0.05, 0.1) is 0 Å². The summed E-state index contributed by atoms with van der Waals surface area (Å²) in [6.07, 6.45) is -0.214. The Bertz CT molecular complexity index is 131. The number of hydrogen-bond donors (Lipinski definition) is 0. The van der Waals surface area contributed by atoms with E-state index in [0.29, 0.717) is 6.42 Å². The number of hydrogen-bond acceptors (Lipinski definition) is 1. The highest BCUT2D eigenvalue weighted by Gasteiger charge is 2.16. The van der Waals surface area contributed by atoms with E-state index in [0.717, 1.165) is 6.54 Å². The Morgan fingerprint density at radius 2 is 2.33 bits per heavy atom. The zero-order valence-corrected chi connectivity index (χ0v) is 5.27. The SMILES string of the molecule is CN1C=C(C(F)F)CC1. The Balaban J connectivity index is 2.52. The van der Waals surface area contributed by atoms with Crippen LogP contribution in [0.3, 0.4) is 0 Å². The van der Waals surface area contributed by atoms with Crippen molar-refractivity contribution in [2.24, 2.45) is 0 Å². The molecular weight excluding hydrogens is 124 g/mol. The predicted octanol–water partition coefficient (Wildman–Crippen LogP) is 1.47. The average molecular weight is 133 g/mol. The molecule has 0 amide bonds. The number of alkyl halides is 2. The van der Waals surface area contributed by atoms with E-state index in [-0.39, 0.29) is 5.57 Å². The van der Waals surface area contributed by atoms with Crippen molar-refractivity contribution in [1.29, 1.82) is 0 Å². The van der Waals surface area contributed by atoms with E-state index < -0.39 is 6.43 Å². The monoisotopic (exact) mass is 133 g/mol. The third-order valence-electron chi connectivity index (χ3n) is 1.42. The molecule has 0 saturated heterocycles. The van der Waals surface area contributed by atoms with Crippen molar-refractivity contribution in [3.63, 3.8) is 0 Å². The van der Waals surface area contributed by atoms with Gasteiger partial charge in [-0.15, -0.1) is 0 Å². The molecule has 1 nitrogen and oxygen atoms in total. The van der Waals surface area contributed by atoms with Crippen molar-refractivity contribution in [1.82, 2.24) is 4.90 Å². The summed E-state index contributed by atoms with van der Waals surface area (Å²) in [4.78, 5) is 1.78. The molecule has 52 valence electrons. The molecule has 1 aliphatic rings. The molecule has 0 aromatic heterocycles. The summed E-state index contributed by atoms with van der Waals surface area (Å²) < 4.78 is 23.6. The number of rotatable bonds is 1. The fourth-order valence-corrected chi connectivity index (χ4v) is 0.883. The average Bonchev–Trinajstić information content (AvgIpc) is 2.14. The van der Waals surface area contributed by atoms with Crippen LogP contribution in [0, 0.1) is 0 Å². The highest BCUT2D eigenvalue weighted by molar-refractivity contribution is 5.09. The van der Waals surface area contributed by atoms with E-state index in [1.165, 1.54) is 6.20 Å². The molecule has 1 rings (SSSR count). The molecule has 0 aliphatic carbocycles. The summed E-state index contributed by atoms with van der Waals surface area (Å²) in [5, 5.41) is 0. The first kappa shape index (κ1) is 6.52. The first-order valence-corrected chi connectivity index (χ1v) is 2.89. The molecule has 0 unspecified atom stereocenters. The Labute approximate surface area is 53.0 Å². The lowest BCUT2D eigenvalue weighted by Gasteiger charge is -2.02. The molecule has 0 spiro atoms. The molecule has 0 N–H and O–H groups in total. The molecule has 1 aliphatic heterocycles. The molecular formula is C6H9F2N. The van der Waals surface area contributed by atoms with Gasteiger partial charge >= 0.3 is 0 Å². The number of nitrogens with zero attached hydrogens (tertiary/aromatic N) is 1. The van der Waals surface area contributed by atoms with Crippen LogP contribution in [0.25, 0.3) is 0 Å². The van der Waals surface area contributed by atoms with Crippen molar-refractivity contribution >= 4 is 0 Å². The maximum atomic E-state index is 11.8. The van der Waals surface area contributed by atoms with Gasteiger partial charge in [0.2, 0.25) is 0 Å². The minimum atomic E-state index is -2.25. The second-order valence-electron chi connectivity index (χ2n) is 2.24. The molecule has 9 heavy (non-hydrogen) atoms. The van der Waals surface area contributed by atoms with Gasteiger partial charge in [-0.1, -0.05) is 0 Å². The van der Waals surface area contributed by atoms with Gasteiger partial charge in [0.1, 0.15) is 0 Å². The second-order valence-corrected chi connectivity index (χ2v) is 2.24. The standard InChI is InChI=1S/C6H9F2N/c1-9-3-2-5(4-9)6(7)8/h4,6H,2-3H2,1H3. The zero-order chi connectivity index (χ0) is 6.85. The van der Waals surface area contributed by atoms with Crippen molar-refractivity contribution in [3.05, 3.63) is 11.8 Å². The Hall–Kier alpha value is -0.600. The highest BCUT2D eigenvalue weighted by atomic mass is 19.3. The molecule has 0 saturated carbocycles. The predicted molar refractivity (Wildman–Crippen MR) is 31.3 cm³/mol. The van der Waals surface area contributed by atoms with E-state index in [1.54, 1.807) is 11.9 Å². The van der Waals surface area contributed by atoms with Crippen LogP contribution in [-0.2, 0) is 0 Å². The minimum Gasteiger partial charge on any atom is -0.380 e. The van der Waals surface area contributed by atoms with Gasteiger partial charge < -0.3 is 4.90 Å². The summed E-state index contributed by atoms with van der Waals surface area (Å²) in [5.41, 5.74) is 0.262.